The topological polar surface area (TPSA) is 61.0 Å². The van der Waals surface area contributed by atoms with E-state index >= 15 is 0 Å². The van der Waals surface area contributed by atoms with Gasteiger partial charge in [0.1, 0.15) is 0 Å². The molecule has 0 aliphatic heterocycles. The van der Waals surface area contributed by atoms with Crippen LogP contribution < -0.4 is 10.5 Å². The van der Waals surface area contributed by atoms with Gasteiger partial charge in [-0.1, -0.05) is 0 Å². The van der Waals surface area contributed by atoms with Gasteiger partial charge in [0.15, 0.2) is 5.06 Å². The largest absolute Gasteiger partial charge is 0.487 e. The molecule has 74 valence electrons. The van der Waals surface area contributed by atoms with Crippen molar-refractivity contribution in [2.75, 3.05) is 7.11 Å². The normalized spacial score (nSPS) is 12.7. The molecule has 0 fully saturated rings. The van der Waals surface area contributed by atoms with E-state index in [1.165, 1.54) is 23.1 Å². The van der Waals surface area contributed by atoms with Crippen LogP contribution in [0.4, 0.5) is 0 Å². The van der Waals surface area contributed by atoms with Crippen LogP contribution in [0.3, 0.4) is 0 Å². The van der Waals surface area contributed by atoms with Crippen molar-refractivity contribution in [3.63, 3.8) is 0 Å². The average molecular weight is 227 g/mol. The van der Waals surface area contributed by atoms with Crippen LogP contribution in [0.25, 0.3) is 0 Å². The van der Waals surface area contributed by atoms with Crippen LogP contribution in [0.1, 0.15) is 16.6 Å². The Bertz CT molecular complexity index is 398. The first-order valence-electron chi connectivity index (χ1n) is 3.98. The molecule has 0 saturated carbocycles. The molecule has 2 N–H and O–H groups in total. The first-order chi connectivity index (χ1) is 6.81. The standard InChI is InChI=1S/C8H9N3OS2/c1-12-7-3-2-6(13-7)8(9)5-4-10-14-11-5/h2-4,8H,9H2,1H3. The molecule has 0 radical (unpaired) electrons. The highest BCUT2D eigenvalue weighted by molar-refractivity contribution is 7.13. The zero-order chi connectivity index (χ0) is 9.97. The Balaban J connectivity index is 2.23. The van der Waals surface area contributed by atoms with Gasteiger partial charge in [0.25, 0.3) is 0 Å². The molecule has 0 bridgehead atoms. The van der Waals surface area contributed by atoms with Crippen LogP contribution in [-0.2, 0) is 0 Å². The van der Waals surface area contributed by atoms with E-state index < -0.39 is 0 Å². The Labute approximate surface area is 89.7 Å². The molecule has 1 unspecified atom stereocenters. The third kappa shape index (κ3) is 1.77. The first-order valence-corrected chi connectivity index (χ1v) is 5.52. The Morgan fingerprint density at radius 2 is 2.36 bits per heavy atom. The van der Waals surface area contributed by atoms with Crippen LogP contribution in [0.2, 0.25) is 0 Å². The van der Waals surface area contributed by atoms with E-state index in [1.807, 2.05) is 12.1 Å². The molecule has 6 heteroatoms. The van der Waals surface area contributed by atoms with Gasteiger partial charge in [-0.15, -0.1) is 11.3 Å². The third-order valence-corrected chi connectivity index (χ3v) is 3.43. The minimum atomic E-state index is -0.192. The maximum absolute atomic E-state index is 5.99. The molecule has 0 saturated heterocycles. The highest BCUT2D eigenvalue weighted by atomic mass is 32.1. The van der Waals surface area contributed by atoms with Crippen molar-refractivity contribution < 1.29 is 4.74 Å². The van der Waals surface area contributed by atoms with Gasteiger partial charge in [-0.3, -0.25) is 0 Å². The lowest BCUT2D eigenvalue weighted by Gasteiger charge is -2.03. The molecule has 2 aromatic rings. The molecule has 0 aromatic carbocycles. The predicted molar refractivity (Wildman–Crippen MR) is 56.8 cm³/mol. The van der Waals surface area contributed by atoms with Gasteiger partial charge in [0.2, 0.25) is 0 Å². The molecule has 4 nitrogen and oxygen atoms in total. The first kappa shape index (κ1) is 9.57. The highest BCUT2D eigenvalue weighted by Crippen LogP contribution is 2.30. The van der Waals surface area contributed by atoms with Crippen molar-refractivity contribution in [1.29, 1.82) is 0 Å². The number of nitrogens with zero attached hydrogens (tertiary/aromatic N) is 2. The fourth-order valence-corrected chi connectivity index (χ4v) is 2.36. The lowest BCUT2D eigenvalue weighted by atomic mass is 10.2. The predicted octanol–water partition coefficient (Wildman–Crippen LogP) is 1.66. The van der Waals surface area contributed by atoms with E-state index in [-0.39, 0.29) is 6.04 Å². The molecule has 14 heavy (non-hydrogen) atoms. The molecule has 0 amide bonds. The highest BCUT2D eigenvalue weighted by Gasteiger charge is 2.14. The lowest BCUT2D eigenvalue weighted by Crippen LogP contribution is -2.10. The molecule has 0 aliphatic carbocycles. The Morgan fingerprint density at radius 3 is 2.93 bits per heavy atom. The smallest absolute Gasteiger partial charge is 0.173 e. The summed E-state index contributed by atoms with van der Waals surface area (Å²) < 4.78 is 13.1. The number of aromatic nitrogens is 2. The fourth-order valence-electron chi connectivity index (χ4n) is 1.07. The number of methoxy groups -OCH3 is 1. The molecular weight excluding hydrogens is 218 g/mol. The second kappa shape index (κ2) is 4.04. The molecule has 2 rings (SSSR count). The van der Waals surface area contributed by atoms with Crippen molar-refractivity contribution in [2.24, 2.45) is 5.73 Å². The van der Waals surface area contributed by atoms with Crippen LogP contribution in [0.5, 0.6) is 5.06 Å². The maximum atomic E-state index is 5.99. The minimum Gasteiger partial charge on any atom is -0.487 e. The van der Waals surface area contributed by atoms with Crippen molar-refractivity contribution in [1.82, 2.24) is 8.75 Å². The average Bonchev–Trinajstić information content (AvgIpc) is 2.88. The van der Waals surface area contributed by atoms with E-state index in [2.05, 4.69) is 8.75 Å². The summed E-state index contributed by atoms with van der Waals surface area (Å²) in [6.07, 6.45) is 1.70. The van der Waals surface area contributed by atoms with E-state index in [4.69, 9.17) is 10.5 Å². The van der Waals surface area contributed by atoms with E-state index in [1.54, 1.807) is 13.3 Å². The number of hydrogen-bond acceptors (Lipinski definition) is 6. The van der Waals surface area contributed by atoms with Crippen LogP contribution in [0, 0.1) is 0 Å². The number of thiophene rings is 1. The molecule has 2 heterocycles. The molecular formula is C8H9N3OS2. The second-order valence-electron chi connectivity index (χ2n) is 2.67. The van der Waals surface area contributed by atoms with Gasteiger partial charge in [-0.2, -0.15) is 8.75 Å². The monoisotopic (exact) mass is 227 g/mol. The Kier molecular flexibility index (Phi) is 2.76. The van der Waals surface area contributed by atoms with Crippen LogP contribution in [0.15, 0.2) is 18.3 Å². The minimum absolute atomic E-state index is 0.192. The second-order valence-corrected chi connectivity index (χ2v) is 4.31. The van der Waals surface area contributed by atoms with Crippen molar-refractivity contribution in [3.05, 3.63) is 28.9 Å². The van der Waals surface area contributed by atoms with Crippen LogP contribution >= 0.6 is 23.1 Å². The fraction of sp³-hybridized carbons (Fsp3) is 0.250. The van der Waals surface area contributed by atoms with Gasteiger partial charge in [0, 0.05) is 4.88 Å². The number of rotatable bonds is 3. The van der Waals surface area contributed by atoms with E-state index in [0.29, 0.717) is 0 Å². The van der Waals surface area contributed by atoms with Gasteiger partial charge < -0.3 is 10.5 Å². The number of hydrogen-bond donors (Lipinski definition) is 1. The summed E-state index contributed by atoms with van der Waals surface area (Å²) in [4.78, 5) is 1.04. The lowest BCUT2D eigenvalue weighted by molar-refractivity contribution is 0.427. The zero-order valence-corrected chi connectivity index (χ0v) is 9.14. The number of ether oxygens (including phenoxy) is 1. The molecule has 0 spiro atoms. The quantitative estimate of drug-likeness (QED) is 0.866. The van der Waals surface area contributed by atoms with E-state index in [9.17, 15) is 0 Å². The molecule has 1 atom stereocenters. The Hall–Kier alpha value is -0.980. The van der Waals surface area contributed by atoms with Crippen molar-refractivity contribution in [3.8, 4) is 5.06 Å². The van der Waals surface area contributed by atoms with Gasteiger partial charge in [-0.25, -0.2) is 0 Å². The zero-order valence-electron chi connectivity index (χ0n) is 7.51. The third-order valence-electron chi connectivity index (χ3n) is 1.81. The molecule has 0 aliphatic rings. The van der Waals surface area contributed by atoms with Gasteiger partial charge in [0.05, 0.1) is 36.8 Å². The molecule has 2 aromatic heterocycles. The Morgan fingerprint density at radius 1 is 1.50 bits per heavy atom. The summed E-state index contributed by atoms with van der Waals surface area (Å²) in [7, 11) is 1.64. The summed E-state index contributed by atoms with van der Waals surface area (Å²) in [6.45, 7) is 0. The summed E-state index contributed by atoms with van der Waals surface area (Å²) in [5.74, 6) is 0. The number of nitrogens with two attached hydrogens (primary N) is 1. The van der Waals surface area contributed by atoms with Gasteiger partial charge in [-0.05, 0) is 12.1 Å². The van der Waals surface area contributed by atoms with E-state index in [0.717, 1.165) is 15.6 Å². The summed E-state index contributed by atoms with van der Waals surface area (Å²) >= 11 is 2.70. The van der Waals surface area contributed by atoms with Crippen LogP contribution in [-0.4, -0.2) is 15.9 Å². The van der Waals surface area contributed by atoms with Crippen molar-refractivity contribution >= 4 is 23.1 Å². The van der Waals surface area contributed by atoms with Crippen molar-refractivity contribution in [2.45, 2.75) is 6.04 Å². The summed E-state index contributed by atoms with van der Waals surface area (Å²) in [6, 6.07) is 3.66. The summed E-state index contributed by atoms with van der Waals surface area (Å²) in [5, 5.41) is 0.860. The SMILES string of the molecule is COc1ccc(C(N)c2cnsn2)s1. The maximum Gasteiger partial charge on any atom is 0.173 e. The van der Waals surface area contributed by atoms with Gasteiger partial charge >= 0.3 is 0 Å². The summed E-state index contributed by atoms with van der Waals surface area (Å²) in [5.41, 5.74) is 6.79.